The van der Waals surface area contributed by atoms with E-state index >= 15 is 0 Å². The van der Waals surface area contributed by atoms with Gasteiger partial charge in [-0.3, -0.25) is 4.79 Å². The van der Waals surface area contributed by atoms with E-state index < -0.39 is 0 Å². The van der Waals surface area contributed by atoms with Gasteiger partial charge in [0.1, 0.15) is 0 Å². The number of carbonyl (C=O) groups excluding carboxylic acids is 1. The van der Waals surface area contributed by atoms with Gasteiger partial charge in [0.25, 0.3) is 0 Å². The molecule has 0 aromatic heterocycles. The Morgan fingerprint density at radius 2 is 1.95 bits per heavy atom. The van der Waals surface area contributed by atoms with Gasteiger partial charge in [-0.15, -0.1) is 0 Å². The molecule has 1 amide bonds. The standard InChI is InChI=1S/C17H26N2O/c1-3-17(9-11-18-12-10-17)16(20)19-13-14(2)15-7-5-4-6-8-15/h4-8,14,18H,3,9-13H2,1-2H3,(H,19,20). The van der Waals surface area contributed by atoms with Crippen LogP contribution in [0, 0.1) is 5.41 Å². The molecule has 1 aromatic rings. The van der Waals surface area contributed by atoms with Gasteiger partial charge in [0, 0.05) is 6.54 Å². The summed E-state index contributed by atoms with van der Waals surface area (Å²) >= 11 is 0. The largest absolute Gasteiger partial charge is 0.355 e. The van der Waals surface area contributed by atoms with E-state index in [2.05, 4.69) is 36.6 Å². The van der Waals surface area contributed by atoms with Crippen LogP contribution in [0.4, 0.5) is 0 Å². The van der Waals surface area contributed by atoms with Crippen molar-refractivity contribution in [3.63, 3.8) is 0 Å². The van der Waals surface area contributed by atoms with Gasteiger partial charge < -0.3 is 10.6 Å². The Kier molecular flexibility index (Phi) is 5.18. The van der Waals surface area contributed by atoms with Crippen molar-refractivity contribution >= 4 is 5.91 Å². The van der Waals surface area contributed by atoms with E-state index in [-0.39, 0.29) is 11.3 Å². The lowest BCUT2D eigenvalue weighted by atomic mass is 9.76. The van der Waals surface area contributed by atoms with Gasteiger partial charge in [-0.25, -0.2) is 0 Å². The van der Waals surface area contributed by atoms with Crippen molar-refractivity contribution < 1.29 is 4.79 Å². The Balaban J connectivity index is 1.91. The number of nitrogens with one attached hydrogen (secondary N) is 2. The van der Waals surface area contributed by atoms with Gasteiger partial charge in [-0.2, -0.15) is 0 Å². The van der Waals surface area contributed by atoms with Gasteiger partial charge in [-0.05, 0) is 43.8 Å². The minimum Gasteiger partial charge on any atom is -0.355 e. The monoisotopic (exact) mass is 274 g/mol. The van der Waals surface area contributed by atoms with Crippen LogP contribution in [0.1, 0.15) is 44.6 Å². The van der Waals surface area contributed by atoms with Crippen molar-refractivity contribution in [3.8, 4) is 0 Å². The van der Waals surface area contributed by atoms with E-state index in [9.17, 15) is 4.79 Å². The number of benzene rings is 1. The highest BCUT2D eigenvalue weighted by Crippen LogP contribution is 2.32. The number of amides is 1. The summed E-state index contributed by atoms with van der Waals surface area (Å²) in [6.07, 6.45) is 2.84. The number of carbonyl (C=O) groups is 1. The van der Waals surface area contributed by atoms with Crippen LogP contribution in [-0.2, 0) is 4.79 Å². The fourth-order valence-corrected chi connectivity index (χ4v) is 2.98. The van der Waals surface area contributed by atoms with Crippen molar-refractivity contribution in [2.75, 3.05) is 19.6 Å². The third-order valence-electron chi connectivity index (χ3n) is 4.66. The summed E-state index contributed by atoms with van der Waals surface area (Å²) in [5.41, 5.74) is 1.13. The molecule has 1 heterocycles. The third kappa shape index (κ3) is 3.40. The summed E-state index contributed by atoms with van der Waals surface area (Å²) in [6.45, 7) is 6.92. The predicted molar refractivity (Wildman–Crippen MR) is 82.7 cm³/mol. The summed E-state index contributed by atoms with van der Waals surface area (Å²) in [5, 5.41) is 6.52. The molecule has 1 saturated heterocycles. The zero-order chi connectivity index (χ0) is 14.4. The molecule has 1 unspecified atom stereocenters. The maximum absolute atomic E-state index is 12.5. The molecule has 2 rings (SSSR count). The summed E-state index contributed by atoms with van der Waals surface area (Å²) in [5.74, 6) is 0.597. The number of piperidine rings is 1. The zero-order valence-electron chi connectivity index (χ0n) is 12.6. The maximum Gasteiger partial charge on any atom is 0.226 e. The van der Waals surface area contributed by atoms with E-state index in [1.165, 1.54) is 5.56 Å². The molecule has 3 heteroatoms. The lowest BCUT2D eigenvalue weighted by Crippen LogP contribution is -2.48. The van der Waals surface area contributed by atoms with Crippen LogP contribution in [0.15, 0.2) is 30.3 Å². The highest BCUT2D eigenvalue weighted by atomic mass is 16.2. The molecular weight excluding hydrogens is 248 g/mol. The SMILES string of the molecule is CCC1(C(=O)NCC(C)c2ccccc2)CCNCC1. The third-order valence-corrected chi connectivity index (χ3v) is 4.66. The van der Waals surface area contributed by atoms with E-state index in [0.717, 1.165) is 38.9 Å². The van der Waals surface area contributed by atoms with Crippen LogP contribution in [0.2, 0.25) is 0 Å². The van der Waals surface area contributed by atoms with Crippen LogP contribution in [0.3, 0.4) is 0 Å². The average molecular weight is 274 g/mol. The van der Waals surface area contributed by atoms with Crippen molar-refractivity contribution in [1.82, 2.24) is 10.6 Å². The molecule has 3 nitrogen and oxygen atoms in total. The Morgan fingerprint density at radius 1 is 1.30 bits per heavy atom. The van der Waals surface area contributed by atoms with Crippen LogP contribution < -0.4 is 10.6 Å². The van der Waals surface area contributed by atoms with Gasteiger partial charge in [0.05, 0.1) is 5.41 Å². The minimum absolute atomic E-state index is 0.151. The Morgan fingerprint density at radius 3 is 2.55 bits per heavy atom. The molecule has 1 aliphatic rings. The van der Waals surface area contributed by atoms with Crippen LogP contribution in [0.25, 0.3) is 0 Å². The average Bonchev–Trinajstić information content (AvgIpc) is 2.53. The van der Waals surface area contributed by atoms with E-state index in [4.69, 9.17) is 0 Å². The van der Waals surface area contributed by atoms with Crippen LogP contribution >= 0.6 is 0 Å². The Hall–Kier alpha value is -1.35. The smallest absolute Gasteiger partial charge is 0.226 e. The highest BCUT2D eigenvalue weighted by Gasteiger charge is 2.37. The second-order valence-electron chi connectivity index (χ2n) is 5.91. The van der Waals surface area contributed by atoms with Crippen molar-refractivity contribution in [3.05, 3.63) is 35.9 Å². The molecule has 1 atom stereocenters. The molecule has 0 saturated carbocycles. The first kappa shape index (κ1) is 15.0. The molecule has 2 N–H and O–H groups in total. The molecule has 20 heavy (non-hydrogen) atoms. The maximum atomic E-state index is 12.5. The molecule has 0 bridgehead atoms. The molecule has 1 aromatic carbocycles. The van der Waals surface area contributed by atoms with E-state index in [0.29, 0.717) is 5.92 Å². The molecule has 1 fully saturated rings. The summed E-state index contributed by atoms with van der Waals surface area (Å²) < 4.78 is 0. The molecule has 0 aliphatic carbocycles. The fourth-order valence-electron chi connectivity index (χ4n) is 2.98. The molecule has 1 aliphatic heterocycles. The lowest BCUT2D eigenvalue weighted by molar-refractivity contribution is -0.132. The number of hydrogen-bond acceptors (Lipinski definition) is 2. The predicted octanol–water partition coefficient (Wildman–Crippen LogP) is 2.69. The van der Waals surface area contributed by atoms with Crippen molar-refractivity contribution in [2.24, 2.45) is 5.41 Å². The molecule has 110 valence electrons. The van der Waals surface area contributed by atoms with E-state index in [1.807, 2.05) is 18.2 Å². The fraction of sp³-hybridized carbons (Fsp3) is 0.588. The Labute approximate surface area is 122 Å². The van der Waals surface area contributed by atoms with Gasteiger partial charge in [0.2, 0.25) is 5.91 Å². The first-order valence-electron chi connectivity index (χ1n) is 7.72. The van der Waals surface area contributed by atoms with Gasteiger partial charge in [0.15, 0.2) is 0 Å². The Bertz CT molecular complexity index is 424. The van der Waals surface area contributed by atoms with Crippen LogP contribution in [0.5, 0.6) is 0 Å². The topological polar surface area (TPSA) is 41.1 Å². The van der Waals surface area contributed by atoms with E-state index in [1.54, 1.807) is 0 Å². The first-order valence-corrected chi connectivity index (χ1v) is 7.72. The second-order valence-corrected chi connectivity index (χ2v) is 5.91. The highest BCUT2D eigenvalue weighted by molar-refractivity contribution is 5.82. The van der Waals surface area contributed by atoms with Crippen molar-refractivity contribution in [2.45, 2.75) is 39.0 Å². The van der Waals surface area contributed by atoms with Crippen molar-refractivity contribution in [1.29, 1.82) is 0 Å². The second kappa shape index (κ2) is 6.89. The normalized spacial score (nSPS) is 19.3. The summed E-state index contributed by atoms with van der Waals surface area (Å²) in [7, 11) is 0. The molecular formula is C17H26N2O. The van der Waals surface area contributed by atoms with Crippen LogP contribution in [-0.4, -0.2) is 25.5 Å². The summed E-state index contributed by atoms with van der Waals surface area (Å²) in [6, 6.07) is 10.4. The molecule has 0 spiro atoms. The lowest BCUT2D eigenvalue weighted by Gasteiger charge is -2.35. The zero-order valence-corrected chi connectivity index (χ0v) is 12.6. The number of rotatable bonds is 5. The van der Waals surface area contributed by atoms with Gasteiger partial charge >= 0.3 is 0 Å². The number of hydrogen-bond donors (Lipinski definition) is 2. The summed E-state index contributed by atoms with van der Waals surface area (Å²) in [4.78, 5) is 12.5. The quantitative estimate of drug-likeness (QED) is 0.867. The minimum atomic E-state index is -0.151. The first-order chi connectivity index (χ1) is 9.68. The molecule has 0 radical (unpaired) electrons. The van der Waals surface area contributed by atoms with Gasteiger partial charge in [-0.1, -0.05) is 44.2 Å².